The highest BCUT2D eigenvalue weighted by Gasteiger charge is 2.20. The van der Waals surface area contributed by atoms with Crippen molar-refractivity contribution in [1.29, 1.82) is 0 Å². The molecule has 0 aliphatic carbocycles. The van der Waals surface area contributed by atoms with E-state index in [9.17, 15) is 19.8 Å². The van der Waals surface area contributed by atoms with Crippen molar-refractivity contribution in [2.24, 2.45) is 0 Å². The van der Waals surface area contributed by atoms with Crippen molar-refractivity contribution in [3.8, 4) is 0 Å². The highest BCUT2D eigenvalue weighted by Crippen LogP contribution is 2.20. The Morgan fingerprint density at radius 3 is 0.835 bits per heavy atom. The summed E-state index contributed by atoms with van der Waals surface area (Å²) in [5, 5.41) is 23.3. The van der Waals surface area contributed by atoms with E-state index in [1.54, 1.807) is 0 Å². The van der Waals surface area contributed by atoms with Crippen LogP contribution in [0.4, 0.5) is 0 Å². The van der Waals surface area contributed by atoms with Crippen molar-refractivity contribution < 1.29 is 24.5 Å². The minimum absolute atomic E-state index is 0.0265. The molecule has 0 fully saturated rings. The summed E-state index contributed by atoms with van der Waals surface area (Å²) in [7, 11) is 0. The van der Waals surface area contributed by atoms with Gasteiger partial charge in [0.15, 0.2) is 0 Å². The molecule has 0 aromatic rings. The van der Waals surface area contributed by atoms with Crippen molar-refractivity contribution in [2.75, 3.05) is 13.2 Å². The highest BCUT2D eigenvalue weighted by atomic mass is 16.5. The summed E-state index contributed by atoms with van der Waals surface area (Å²) in [5.41, 5.74) is 0. The van der Waals surface area contributed by atoms with Gasteiger partial charge in [-0.05, 0) is 51.4 Å². The fourth-order valence-corrected chi connectivity index (χ4v) is 12.8. The molecule has 0 heterocycles. The van der Waals surface area contributed by atoms with Crippen LogP contribution in [0.5, 0.6) is 0 Å². The van der Waals surface area contributed by atoms with Gasteiger partial charge in [-0.1, -0.05) is 405 Å². The third-order valence-electron chi connectivity index (χ3n) is 18.8. The van der Waals surface area contributed by atoms with Gasteiger partial charge in [-0.3, -0.25) is 9.59 Å². The van der Waals surface area contributed by atoms with Gasteiger partial charge in [0.25, 0.3) is 0 Å². The van der Waals surface area contributed by atoms with Gasteiger partial charge in [-0.15, -0.1) is 0 Å². The Kier molecular flexibility index (Phi) is 73.8. The molecule has 6 heteroatoms. The average molecular weight is 1200 g/mol. The third kappa shape index (κ3) is 71.6. The van der Waals surface area contributed by atoms with Crippen LogP contribution in [0.3, 0.4) is 0 Å². The van der Waals surface area contributed by atoms with E-state index in [1.807, 2.05) is 0 Å². The number of ether oxygens (including phenoxy) is 1. The van der Waals surface area contributed by atoms with Crippen LogP contribution in [-0.2, 0) is 14.3 Å². The molecule has 2 atom stereocenters. The number of carbonyl (C=O) groups is 2. The number of aliphatic hydroxyl groups is 2. The van der Waals surface area contributed by atoms with Gasteiger partial charge >= 0.3 is 5.97 Å². The maximum atomic E-state index is 12.5. The number of unbranched alkanes of at least 4 members (excludes halogenated alkanes) is 62. The minimum atomic E-state index is -0.660. The van der Waals surface area contributed by atoms with Crippen LogP contribution in [0.1, 0.15) is 457 Å². The first-order valence-electron chi connectivity index (χ1n) is 39.4. The molecule has 0 aliphatic heterocycles. The van der Waals surface area contributed by atoms with E-state index in [4.69, 9.17) is 4.74 Å². The largest absolute Gasteiger partial charge is 0.466 e. The van der Waals surface area contributed by atoms with Gasteiger partial charge in [-0.2, -0.15) is 0 Å². The Bertz CT molecular complexity index is 1290. The van der Waals surface area contributed by atoms with Gasteiger partial charge < -0.3 is 20.3 Å². The van der Waals surface area contributed by atoms with E-state index in [0.29, 0.717) is 25.9 Å². The topological polar surface area (TPSA) is 95.9 Å². The molecule has 85 heavy (non-hydrogen) atoms. The highest BCUT2D eigenvalue weighted by molar-refractivity contribution is 5.76. The molecule has 0 spiro atoms. The van der Waals surface area contributed by atoms with Gasteiger partial charge in [0.2, 0.25) is 5.91 Å². The zero-order valence-corrected chi connectivity index (χ0v) is 58.1. The summed E-state index contributed by atoms with van der Waals surface area (Å²) >= 11 is 0. The molecular weight excluding hydrogens is 1040 g/mol. The van der Waals surface area contributed by atoms with Crippen molar-refractivity contribution in [3.05, 3.63) is 12.2 Å². The first-order chi connectivity index (χ1) is 42.0. The Balaban J connectivity index is 3.30. The first kappa shape index (κ1) is 83.6. The molecule has 0 saturated carbocycles. The third-order valence-corrected chi connectivity index (χ3v) is 18.8. The lowest BCUT2D eigenvalue weighted by Gasteiger charge is -2.22. The molecule has 0 radical (unpaired) electrons. The van der Waals surface area contributed by atoms with E-state index in [2.05, 4.69) is 31.3 Å². The summed E-state index contributed by atoms with van der Waals surface area (Å²) in [6.07, 6.45) is 94.6. The first-order valence-corrected chi connectivity index (χ1v) is 39.4. The molecule has 1 amide bonds. The molecule has 0 aromatic carbocycles. The summed E-state index contributed by atoms with van der Waals surface area (Å²) in [6.45, 7) is 5.00. The Morgan fingerprint density at radius 2 is 0.553 bits per heavy atom. The second-order valence-corrected chi connectivity index (χ2v) is 27.4. The van der Waals surface area contributed by atoms with Gasteiger partial charge in [0, 0.05) is 12.8 Å². The fraction of sp³-hybridized carbons (Fsp3) is 0.949. The molecule has 3 N–H and O–H groups in total. The number of amides is 1. The fourth-order valence-electron chi connectivity index (χ4n) is 12.8. The molecular formula is C79H155NO5. The summed E-state index contributed by atoms with van der Waals surface area (Å²) < 4.78 is 5.51. The number of allylic oxidation sites excluding steroid dienone is 2. The second-order valence-electron chi connectivity index (χ2n) is 27.4. The predicted octanol–water partition coefficient (Wildman–Crippen LogP) is 25.9. The van der Waals surface area contributed by atoms with E-state index in [-0.39, 0.29) is 18.5 Å². The van der Waals surface area contributed by atoms with Gasteiger partial charge in [0.1, 0.15) is 0 Å². The smallest absolute Gasteiger partial charge is 0.305 e. The van der Waals surface area contributed by atoms with Crippen LogP contribution in [0.2, 0.25) is 0 Å². The van der Waals surface area contributed by atoms with Crippen molar-refractivity contribution in [1.82, 2.24) is 5.32 Å². The zero-order valence-electron chi connectivity index (χ0n) is 58.1. The lowest BCUT2D eigenvalue weighted by atomic mass is 10.0. The molecule has 2 unspecified atom stereocenters. The lowest BCUT2D eigenvalue weighted by Crippen LogP contribution is -2.45. The number of aliphatic hydroxyl groups excluding tert-OH is 2. The van der Waals surface area contributed by atoms with Gasteiger partial charge in [0.05, 0.1) is 25.4 Å². The molecule has 0 aliphatic rings. The molecule has 0 bridgehead atoms. The number of nitrogens with one attached hydrogen (secondary N) is 1. The lowest BCUT2D eigenvalue weighted by molar-refractivity contribution is -0.143. The van der Waals surface area contributed by atoms with E-state index < -0.39 is 12.1 Å². The number of rotatable bonds is 75. The predicted molar refractivity (Wildman–Crippen MR) is 375 cm³/mol. The summed E-state index contributed by atoms with van der Waals surface area (Å²) in [6, 6.07) is -0.537. The Hall–Kier alpha value is -1.40. The Labute approximate surface area is 533 Å². The normalized spacial score (nSPS) is 12.5. The number of hydrogen-bond donors (Lipinski definition) is 3. The molecule has 0 aromatic heterocycles. The monoisotopic (exact) mass is 1200 g/mol. The van der Waals surface area contributed by atoms with E-state index in [0.717, 1.165) is 38.5 Å². The number of esters is 1. The minimum Gasteiger partial charge on any atom is -0.466 e. The van der Waals surface area contributed by atoms with Crippen molar-refractivity contribution >= 4 is 11.9 Å². The second kappa shape index (κ2) is 75.1. The van der Waals surface area contributed by atoms with Crippen LogP contribution >= 0.6 is 0 Å². The Morgan fingerprint density at radius 1 is 0.318 bits per heavy atom. The van der Waals surface area contributed by atoms with Crippen LogP contribution in [-0.4, -0.2) is 47.4 Å². The summed E-state index contributed by atoms with van der Waals surface area (Å²) in [4.78, 5) is 24.6. The van der Waals surface area contributed by atoms with Gasteiger partial charge in [-0.25, -0.2) is 0 Å². The average Bonchev–Trinajstić information content (AvgIpc) is 3.52. The number of carbonyl (C=O) groups excluding carboxylic acids is 2. The van der Waals surface area contributed by atoms with Crippen LogP contribution in [0.25, 0.3) is 0 Å². The number of hydrogen-bond acceptors (Lipinski definition) is 5. The van der Waals surface area contributed by atoms with Crippen LogP contribution in [0, 0.1) is 0 Å². The maximum Gasteiger partial charge on any atom is 0.305 e. The zero-order chi connectivity index (χ0) is 61.3. The summed E-state index contributed by atoms with van der Waals surface area (Å²) in [5.74, 6) is -0.000743. The van der Waals surface area contributed by atoms with E-state index in [1.165, 1.54) is 385 Å². The molecule has 0 rings (SSSR count). The van der Waals surface area contributed by atoms with Crippen LogP contribution < -0.4 is 5.32 Å². The maximum absolute atomic E-state index is 12.5. The quantitative estimate of drug-likeness (QED) is 0.0320. The van der Waals surface area contributed by atoms with Crippen molar-refractivity contribution in [3.63, 3.8) is 0 Å². The van der Waals surface area contributed by atoms with Crippen LogP contribution in [0.15, 0.2) is 12.2 Å². The molecule has 6 nitrogen and oxygen atoms in total. The molecule has 506 valence electrons. The van der Waals surface area contributed by atoms with Crippen molar-refractivity contribution in [2.45, 2.75) is 469 Å². The molecule has 0 saturated heterocycles. The SMILES string of the molecule is CCCCCCCCCCCCCCCCCC(=O)OCCCCCCCCCCCCCCCCCCCC/C=C\CCCCCCCCCCCCCCCCCCCC(=O)NC(CO)C(O)CCCCCCCCCCCCCCCC. The van der Waals surface area contributed by atoms with E-state index >= 15 is 0 Å². The standard InChI is InChI=1S/C79H155NO5/c1-3-5-7-9-11-13-15-17-44-49-53-57-61-65-69-73-79(84)85-74-70-66-62-58-54-50-46-43-41-39-37-35-33-31-29-27-25-23-21-19-20-22-24-26-28-30-32-34-36-38-40-42-45-48-52-56-60-64-68-72-78(83)80-76(75-81)77(82)71-67-63-59-55-51-47-18-16-14-12-10-8-6-4-2/h19-20,76-77,81-82H,3-18,21-75H2,1-2H3,(H,80,83)/b20-19-.